The number of hydrogen-bond donors (Lipinski definition) is 0. The number of aromatic nitrogens is 1. The lowest BCUT2D eigenvalue weighted by atomic mass is 10.1. The summed E-state index contributed by atoms with van der Waals surface area (Å²) in [4.78, 5) is 19.8. The number of amides is 1. The van der Waals surface area contributed by atoms with E-state index in [4.69, 9.17) is 26.1 Å². The van der Waals surface area contributed by atoms with Crippen LogP contribution in [0.25, 0.3) is 10.2 Å². The molecule has 0 N–H and O–H groups in total. The summed E-state index contributed by atoms with van der Waals surface area (Å²) < 4.78 is 11.8. The third kappa shape index (κ3) is 3.84. The van der Waals surface area contributed by atoms with Gasteiger partial charge in [-0.05, 0) is 41.5 Å². The van der Waals surface area contributed by atoms with Crippen molar-refractivity contribution in [1.82, 2.24) is 4.98 Å². The molecule has 0 aliphatic carbocycles. The van der Waals surface area contributed by atoms with Gasteiger partial charge in [-0.2, -0.15) is 0 Å². The highest BCUT2D eigenvalue weighted by Crippen LogP contribution is 2.34. The van der Waals surface area contributed by atoms with Crippen LogP contribution in [0.15, 0.2) is 66.7 Å². The number of thiazole rings is 1. The van der Waals surface area contributed by atoms with E-state index in [0.717, 1.165) is 21.3 Å². The second-order valence-corrected chi connectivity index (χ2v) is 8.38. The fraction of sp³-hybridized carbons (Fsp3) is 0.130. The molecule has 0 saturated carbocycles. The monoisotopic (exact) mass is 436 g/mol. The number of anilines is 1. The predicted molar refractivity (Wildman–Crippen MR) is 119 cm³/mol. The van der Waals surface area contributed by atoms with Crippen LogP contribution in [0.4, 0.5) is 5.13 Å². The van der Waals surface area contributed by atoms with Crippen LogP contribution in [0.2, 0.25) is 5.02 Å². The van der Waals surface area contributed by atoms with Crippen molar-refractivity contribution in [3.63, 3.8) is 0 Å². The van der Waals surface area contributed by atoms with Gasteiger partial charge < -0.3 is 9.47 Å². The Morgan fingerprint density at radius 3 is 2.70 bits per heavy atom. The normalized spacial score (nSPS) is 12.3. The number of rotatable bonds is 5. The van der Waals surface area contributed by atoms with E-state index in [1.807, 2.05) is 66.7 Å². The zero-order chi connectivity index (χ0) is 20.5. The van der Waals surface area contributed by atoms with Gasteiger partial charge in [0.05, 0.1) is 23.2 Å². The van der Waals surface area contributed by atoms with Crippen LogP contribution in [0.1, 0.15) is 11.1 Å². The first-order chi connectivity index (χ1) is 14.7. The largest absolute Gasteiger partial charge is 0.454 e. The van der Waals surface area contributed by atoms with Crippen LogP contribution >= 0.6 is 22.9 Å². The summed E-state index contributed by atoms with van der Waals surface area (Å²) >= 11 is 7.59. The van der Waals surface area contributed by atoms with Crippen molar-refractivity contribution in [1.29, 1.82) is 0 Å². The molecule has 2 heterocycles. The molecule has 1 aliphatic rings. The molecule has 0 fully saturated rings. The molecule has 0 bridgehead atoms. The van der Waals surface area contributed by atoms with Gasteiger partial charge in [-0.1, -0.05) is 59.3 Å². The fourth-order valence-corrected chi connectivity index (χ4v) is 4.61. The number of benzene rings is 3. The summed E-state index contributed by atoms with van der Waals surface area (Å²) in [6, 6.07) is 21.1. The van der Waals surface area contributed by atoms with Crippen molar-refractivity contribution in [2.24, 2.45) is 0 Å². The number of nitrogens with zero attached hydrogens (tertiary/aromatic N) is 2. The number of halogens is 1. The quantitative estimate of drug-likeness (QED) is 0.417. The Hall–Kier alpha value is -3.09. The van der Waals surface area contributed by atoms with Crippen LogP contribution < -0.4 is 14.4 Å². The predicted octanol–water partition coefficient (Wildman–Crippen LogP) is 5.45. The molecule has 1 aliphatic heterocycles. The van der Waals surface area contributed by atoms with E-state index < -0.39 is 0 Å². The van der Waals surface area contributed by atoms with E-state index in [0.29, 0.717) is 28.2 Å². The van der Waals surface area contributed by atoms with Gasteiger partial charge in [0.25, 0.3) is 0 Å². The molecule has 0 atom stereocenters. The standard InChI is InChI=1S/C23H17ClN2O3S/c24-17-7-8-18-21(12-17)30-23(25-18)26(13-15-4-2-1-3-5-15)22(27)11-16-6-9-19-20(10-16)29-14-28-19/h1-10,12H,11,13-14H2. The number of hydrogen-bond acceptors (Lipinski definition) is 5. The summed E-state index contributed by atoms with van der Waals surface area (Å²) in [6.07, 6.45) is 0.236. The number of carbonyl (C=O) groups excluding carboxylic acids is 1. The SMILES string of the molecule is O=C(Cc1ccc2c(c1)OCO2)N(Cc1ccccc1)c1nc2ccc(Cl)cc2s1. The maximum absolute atomic E-state index is 13.4. The average Bonchev–Trinajstić information content (AvgIpc) is 3.38. The first-order valence-corrected chi connectivity index (χ1v) is 10.6. The molecule has 7 heteroatoms. The Labute approximate surface area is 182 Å². The molecule has 3 aromatic carbocycles. The molecular formula is C23H17ClN2O3S. The maximum atomic E-state index is 13.4. The molecule has 0 spiro atoms. The van der Waals surface area contributed by atoms with Gasteiger partial charge in [-0.3, -0.25) is 9.69 Å². The van der Waals surface area contributed by atoms with Crippen molar-refractivity contribution < 1.29 is 14.3 Å². The summed E-state index contributed by atoms with van der Waals surface area (Å²) in [5, 5.41) is 1.31. The van der Waals surface area contributed by atoms with Crippen molar-refractivity contribution in [3.8, 4) is 11.5 Å². The van der Waals surface area contributed by atoms with Gasteiger partial charge in [-0.15, -0.1) is 0 Å². The van der Waals surface area contributed by atoms with E-state index in [2.05, 4.69) is 0 Å². The molecule has 4 aromatic rings. The van der Waals surface area contributed by atoms with E-state index >= 15 is 0 Å². The van der Waals surface area contributed by atoms with Gasteiger partial charge in [0.2, 0.25) is 12.7 Å². The molecule has 5 rings (SSSR count). The number of fused-ring (bicyclic) bond motifs is 2. The van der Waals surface area contributed by atoms with Crippen LogP contribution in [-0.2, 0) is 17.8 Å². The lowest BCUT2D eigenvalue weighted by molar-refractivity contribution is -0.118. The molecule has 1 aromatic heterocycles. The number of ether oxygens (including phenoxy) is 2. The minimum absolute atomic E-state index is 0.0390. The van der Waals surface area contributed by atoms with Crippen molar-refractivity contribution in [2.75, 3.05) is 11.7 Å². The minimum Gasteiger partial charge on any atom is -0.454 e. The Bertz CT molecular complexity index is 1230. The number of carbonyl (C=O) groups is 1. The molecule has 0 unspecified atom stereocenters. The van der Waals surface area contributed by atoms with E-state index in [9.17, 15) is 4.79 Å². The summed E-state index contributed by atoms with van der Waals surface area (Å²) in [5.41, 5.74) is 2.73. The third-order valence-electron chi connectivity index (χ3n) is 4.85. The molecule has 30 heavy (non-hydrogen) atoms. The van der Waals surface area contributed by atoms with E-state index in [1.54, 1.807) is 4.90 Å². The molecule has 150 valence electrons. The highest BCUT2D eigenvalue weighted by molar-refractivity contribution is 7.22. The second kappa shape index (κ2) is 7.97. The smallest absolute Gasteiger partial charge is 0.233 e. The molecule has 0 radical (unpaired) electrons. The molecule has 1 amide bonds. The summed E-state index contributed by atoms with van der Waals surface area (Å²) in [6.45, 7) is 0.652. The second-order valence-electron chi connectivity index (χ2n) is 6.94. The zero-order valence-electron chi connectivity index (χ0n) is 15.9. The molecular weight excluding hydrogens is 420 g/mol. The van der Waals surface area contributed by atoms with Crippen LogP contribution in [-0.4, -0.2) is 17.7 Å². The van der Waals surface area contributed by atoms with Gasteiger partial charge in [-0.25, -0.2) is 4.98 Å². The highest BCUT2D eigenvalue weighted by Gasteiger charge is 2.22. The average molecular weight is 437 g/mol. The fourth-order valence-electron chi connectivity index (χ4n) is 3.35. The Balaban J connectivity index is 1.47. The molecule has 0 saturated heterocycles. The summed E-state index contributed by atoms with van der Waals surface area (Å²) in [5.74, 6) is 1.34. The van der Waals surface area contributed by atoms with Gasteiger partial charge >= 0.3 is 0 Å². The lowest BCUT2D eigenvalue weighted by Gasteiger charge is -2.20. The minimum atomic E-state index is -0.0390. The van der Waals surface area contributed by atoms with Gasteiger partial charge in [0, 0.05) is 5.02 Å². The first kappa shape index (κ1) is 18.9. The van der Waals surface area contributed by atoms with Crippen LogP contribution in [0.3, 0.4) is 0 Å². The van der Waals surface area contributed by atoms with E-state index in [-0.39, 0.29) is 19.1 Å². The van der Waals surface area contributed by atoms with Crippen molar-refractivity contribution in [2.45, 2.75) is 13.0 Å². The van der Waals surface area contributed by atoms with Gasteiger partial charge in [0.15, 0.2) is 16.6 Å². The highest BCUT2D eigenvalue weighted by atomic mass is 35.5. The van der Waals surface area contributed by atoms with Crippen LogP contribution in [0, 0.1) is 0 Å². The van der Waals surface area contributed by atoms with Gasteiger partial charge in [0.1, 0.15) is 0 Å². The third-order valence-corrected chi connectivity index (χ3v) is 6.12. The maximum Gasteiger partial charge on any atom is 0.233 e. The Kier molecular flexibility index (Phi) is 5.02. The van der Waals surface area contributed by atoms with Crippen molar-refractivity contribution >= 4 is 44.2 Å². The van der Waals surface area contributed by atoms with Crippen molar-refractivity contribution in [3.05, 3.63) is 82.9 Å². The molecule has 5 nitrogen and oxygen atoms in total. The van der Waals surface area contributed by atoms with E-state index in [1.165, 1.54) is 11.3 Å². The lowest BCUT2D eigenvalue weighted by Crippen LogP contribution is -2.31. The topological polar surface area (TPSA) is 51.7 Å². The zero-order valence-corrected chi connectivity index (χ0v) is 17.4. The summed E-state index contributed by atoms with van der Waals surface area (Å²) in [7, 11) is 0. The Morgan fingerprint density at radius 1 is 1.00 bits per heavy atom. The Morgan fingerprint density at radius 2 is 1.83 bits per heavy atom. The first-order valence-electron chi connectivity index (χ1n) is 9.45. The van der Waals surface area contributed by atoms with Crippen LogP contribution in [0.5, 0.6) is 11.5 Å².